The highest BCUT2D eigenvalue weighted by Crippen LogP contribution is 2.14. The van der Waals surface area contributed by atoms with Crippen LogP contribution in [-0.4, -0.2) is 61.5 Å². The van der Waals surface area contributed by atoms with E-state index in [4.69, 9.17) is 4.74 Å². The van der Waals surface area contributed by atoms with Crippen LogP contribution < -0.4 is 11.2 Å². The van der Waals surface area contributed by atoms with Gasteiger partial charge in [0.05, 0.1) is 12.6 Å². The molecule has 1 aliphatic rings. The molecule has 0 saturated carbocycles. The number of β-amino-alcohol motifs (C(OH)–C–C–N with tert-alkyl or cyclic N) is 1. The van der Waals surface area contributed by atoms with Gasteiger partial charge in [-0.2, -0.15) is 0 Å². The number of likely N-dealkylation sites (tertiary alicyclic amines) is 1. The van der Waals surface area contributed by atoms with Crippen molar-refractivity contribution in [3.8, 4) is 0 Å². The quantitative estimate of drug-likeness (QED) is 0.737. The number of methoxy groups -OCH3 is 1. The Hall–Kier alpha value is -1.97. The van der Waals surface area contributed by atoms with Gasteiger partial charge in [-0.25, -0.2) is 9.78 Å². The summed E-state index contributed by atoms with van der Waals surface area (Å²) in [4.78, 5) is 31.5. The Labute approximate surface area is 151 Å². The normalized spacial score (nSPS) is 17.1. The van der Waals surface area contributed by atoms with Gasteiger partial charge in [0.1, 0.15) is 12.4 Å². The van der Waals surface area contributed by atoms with Gasteiger partial charge in [-0.1, -0.05) is 6.42 Å². The van der Waals surface area contributed by atoms with E-state index >= 15 is 0 Å². The number of piperidine rings is 1. The number of nitrogens with zero attached hydrogens (tertiary/aromatic N) is 5. The van der Waals surface area contributed by atoms with Crippen LogP contribution in [0.3, 0.4) is 0 Å². The number of aryl methyl sites for hydroxylation is 1. The lowest BCUT2D eigenvalue weighted by Crippen LogP contribution is -2.39. The first kappa shape index (κ1) is 18.8. The van der Waals surface area contributed by atoms with Gasteiger partial charge in [-0.15, -0.1) is 0 Å². The average Bonchev–Trinajstić information content (AvgIpc) is 2.97. The van der Waals surface area contributed by atoms with Crippen LogP contribution in [0.15, 0.2) is 9.59 Å². The molecule has 3 heterocycles. The minimum Gasteiger partial charge on any atom is -0.390 e. The molecule has 1 aliphatic heterocycles. The fraction of sp³-hybridized carbons (Fsp3) is 0.706. The van der Waals surface area contributed by atoms with Crippen LogP contribution in [0.4, 0.5) is 0 Å². The summed E-state index contributed by atoms with van der Waals surface area (Å²) >= 11 is 0. The Bertz CT molecular complexity index is 891. The van der Waals surface area contributed by atoms with Gasteiger partial charge in [0.2, 0.25) is 0 Å². The number of aromatic nitrogens is 4. The second-order valence-corrected chi connectivity index (χ2v) is 6.96. The van der Waals surface area contributed by atoms with Crippen LogP contribution in [0.25, 0.3) is 11.2 Å². The smallest absolute Gasteiger partial charge is 0.332 e. The Morgan fingerprint density at radius 3 is 2.46 bits per heavy atom. The maximum absolute atomic E-state index is 12.7. The highest BCUT2D eigenvalue weighted by Gasteiger charge is 2.22. The first-order valence-corrected chi connectivity index (χ1v) is 8.98. The molecule has 9 nitrogen and oxygen atoms in total. The molecule has 0 aromatic carbocycles. The van der Waals surface area contributed by atoms with E-state index in [1.807, 2.05) is 0 Å². The molecule has 0 radical (unpaired) electrons. The number of imidazole rings is 1. The topological polar surface area (TPSA) is 94.5 Å². The minimum atomic E-state index is -0.636. The van der Waals surface area contributed by atoms with Crippen LogP contribution in [0, 0.1) is 0 Å². The van der Waals surface area contributed by atoms with E-state index in [2.05, 4.69) is 9.88 Å². The van der Waals surface area contributed by atoms with Gasteiger partial charge in [0.15, 0.2) is 11.2 Å². The zero-order valence-electron chi connectivity index (χ0n) is 15.6. The summed E-state index contributed by atoms with van der Waals surface area (Å²) in [5.41, 5.74) is -0.206. The largest absolute Gasteiger partial charge is 0.390 e. The molecule has 1 atom stereocenters. The van der Waals surface area contributed by atoms with Crippen molar-refractivity contribution >= 4 is 11.2 Å². The molecule has 0 bridgehead atoms. The van der Waals surface area contributed by atoms with Crippen molar-refractivity contribution in [1.82, 2.24) is 23.6 Å². The molecule has 9 heteroatoms. The summed E-state index contributed by atoms with van der Waals surface area (Å²) < 4.78 is 9.30. The van der Waals surface area contributed by atoms with E-state index in [1.54, 1.807) is 18.7 Å². The molecular weight excluding hydrogens is 338 g/mol. The summed E-state index contributed by atoms with van der Waals surface area (Å²) in [7, 11) is 4.58. The number of aliphatic hydroxyl groups excluding tert-OH is 1. The van der Waals surface area contributed by atoms with Crippen molar-refractivity contribution in [2.45, 2.75) is 38.5 Å². The lowest BCUT2D eigenvalue weighted by atomic mass is 10.1. The van der Waals surface area contributed by atoms with Crippen molar-refractivity contribution in [1.29, 1.82) is 0 Å². The number of rotatable bonds is 6. The zero-order valence-corrected chi connectivity index (χ0v) is 15.6. The summed E-state index contributed by atoms with van der Waals surface area (Å²) in [6.07, 6.45) is 2.90. The van der Waals surface area contributed by atoms with Crippen LogP contribution >= 0.6 is 0 Å². The molecule has 1 fully saturated rings. The predicted molar refractivity (Wildman–Crippen MR) is 97.2 cm³/mol. The van der Waals surface area contributed by atoms with Gasteiger partial charge >= 0.3 is 5.69 Å². The molecule has 0 amide bonds. The molecule has 3 rings (SSSR count). The third-order valence-electron chi connectivity index (χ3n) is 5.01. The third kappa shape index (κ3) is 3.46. The monoisotopic (exact) mass is 365 g/mol. The van der Waals surface area contributed by atoms with Crippen LogP contribution in [0.1, 0.15) is 25.1 Å². The Balaban J connectivity index is 1.98. The predicted octanol–water partition coefficient (Wildman–Crippen LogP) is -0.573. The molecule has 0 unspecified atom stereocenters. The fourth-order valence-corrected chi connectivity index (χ4v) is 3.64. The number of hydrogen-bond donors (Lipinski definition) is 1. The van der Waals surface area contributed by atoms with Crippen molar-refractivity contribution in [2.75, 3.05) is 26.7 Å². The SMILES string of the molecule is COCc1nc2c(c(=O)n(C)c(=O)n2C)n1C[C@@H](O)CN1CCCCC1. The summed E-state index contributed by atoms with van der Waals surface area (Å²) in [6.45, 7) is 2.96. The number of ether oxygens (including phenoxy) is 1. The van der Waals surface area contributed by atoms with Crippen molar-refractivity contribution in [2.24, 2.45) is 14.1 Å². The van der Waals surface area contributed by atoms with E-state index in [0.29, 0.717) is 23.5 Å². The lowest BCUT2D eigenvalue weighted by Gasteiger charge is -2.28. The van der Waals surface area contributed by atoms with Gasteiger partial charge < -0.3 is 19.3 Å². The highest BCUT2D eigenvalue weighted by atomic mass is 16.5. The second-order valence-electron chi connectivity index (χ2n) is 6.96. The first-order valence-electron chi connectivity index (χ1n) is 8.98. The maximum atomic E-state index is 12.7. The highest BCUT2D eigenvalue weighted by molar-refractivity contribution is 5.71. The Morgan fingerprint density at radius 2 is 1.81 bits per heavy atom. The standard InChI is InChI=1S/C17H27N5O4/c1-19-15-14(16(24)20(2)17(19)25)22(13(18-15)11-26-3)10-12(23)9-21-7-5-4-6-8-21/h12,23H,4-11H2,1-3H3/t12-/m0/s1. The molecule has 1 N–H and O–H groups in total. The number of hydrogen-bond acceptors (Lipinski definition) is 6. The average molecular weight is 365 g/mol. The van der Waals surface area contributed by atoms with Crippen molar-refractivity contribution in [3.63, 3.8) is 0 Å². The van der Waals surface area contributed by atoms with E-state index in [1.165, 1.54) is 18.0 Å². The Morgan fingerprint density at radius 1 is 1.12 bits per heavy atom. The number of aliphatic hydroxyl groups is 1. The van der Waals surface area contributed by atoms with Crippen molar-refractivity contribution < 1.29 is 9.84 Å². The summed E-state index contributed by atoms with van der Waals surface area (Å²) in [5, 5.41) is 10.6. The summed E-state index contributed by atoms with van der Waals surface area (Å²) in [5.74, 6) is 0.526. The van der Waals surface area contributed by atoms with E-state index in [9.17, 15) is 14.7 Å². The van der Waals surface area contributed by atoms with Crippen molar-refractivity contribution in [3.05, 3.63) is 26.7 Å². The molecule has 0 aliphatic carbocycles. The lowest BCUT2D eigenvalue weighted by molar-refractivity contribution is 0.0863. The molecule has 0 spiro atoms. The second kappa shape index (κ2) is 7.73. The molecular formula is C17H27N5O4. The summed E-state index contributed by atoms with van der Waals surface area (Å²) in [6, 6.07) is 0. The van der Waals surface area contributed by atoms with E-state index in [0.717, 1.165) is 30.5 Å². The van der Waals surface area contributed by atoms with Gasteiger partial charge in [-0.05, 0) is 25.9 Å². The molecule has 144 valence electrons. The van der Waals surface area contributed by atoms with E-state index < -0.39 is 17.4 Å². The number of fused-ring (bicyclic) bond motifs is 1. The molecule has 1 saturated heterocycles. The maximum Gasteiger partial charge on any atom is 0.332 e. The molecule has 26 heavy (non-hydrogen) atoms. The Kier molecular flexibility index (Phi) is 5.59. The van der Waals surface area contributed by atoms with Crippen LogP contribution in [0.2, 0.25) is 0 Å². The minimum absolute atomic E-state index is 0.197. The van der Waals surface area contributed by atoms with Crippen LogP contribution in [-0.2, 0) is 32.0 Å². The van der Waals surface area contributed by atoms with Gasteiger partial charge in [0.25, 0.3) is 5.56 Å². The third-order valence-corrected chi connectivity index (χ3v) is 5.01. The zero-order chi connectivity index (χ0) is 18.8. The van der Waals surface area contributed by atoms with E-state index in [-0.39, 0.29) is 13.2 Å². The fourth-order valence-electron chi connectivity index (χ4n) is 3.64. The van der Waals surface area contributed by atoms with Gasteiger partial charge in [0, 0.05) is 27.7 Å². The van der Waals surface area contributed by atoms with Crippen LogP contribution in [0.5, 0.6) is 0 Å². The molecule has 2 aromatic rings. The first-order chi connectivity index (χ1) is 12.4. The van der Waals surface area contributed by atoms with Gasteiger partial charge in [-0.3, -0.25) is 13.9 Å². The molecule has 2 aromatic heterocycles.